The predicted molar refractivity (Wildman–Crippen MR) is 327 cm³/mol. The number of hydrogen-bond acceptors (Lipinski definition) is 26. The molecule has 3 heterocycles. The summed E-state index contributed by atoms with van der Waals surface area (Å²) in [5.41, 5.74) is 1.05. The second-order valence-electron chi connectivity index (χ2n) is 23.3. The molecule has 0 aliphatic carbocycles. The first-order valence-electron chi connectivity index (χ1n) is 32.0. The van der Waals surface area contributed by atoms with Crippen molar-refractivity contribution in [1.29, 1.82) is 0 Å². The molecule has 3 fully saturated rings. The fraction of sp³-hybridized carbons (Fsp3) is 0.703. The first-order valence-corrected chi connectivity index (χ1v) is 32.0. The zero-order valence-corrected chi connectivity index (χ0v) is 53.5. The Balaban J connectivity index is 1.15. The predicted octanol–water partition coefficient (Wildman–Crippen LogP) is 0.149. The zero-order chi connectivity index (χ0) is 68.0. The standard InChI is InChI=1S/C64H97N3O26/c1-5-84-24-13-19-49(71)42-28-40(29-46(32-42)88-34-45(70)16-10-21-65-50(72)20-6-7-25-85-62-59(81)56(78)53(75)37(2)91-62)41-30-47(89-35-51(73)66-22-8-14-43(68)17-11-26-86-63-60(82)57(79)54(76)38(3)92-63)33-48(31-41)90-36-52(74)67-23-9-15-44(69)18-12-27-87-64-61(83)58(80)55(77)39(4)93-64/h28-33,37-39,53-64,75-83H,5-27,34-36H2,1-4H3,(H,65,72)(H,66,73)(H,67,74)/t37-,38-,39-,53-,54-,55-,56?,57?,58?,59-,60-,61-,62?,63?,64?/m0/s1. The molecule has 2 aromatic rings. The second-order valence-corrected chi connectivity index (χ2v) is 23.3. The van der Waals surface area contributed by atoms with E-state index in [1.165, 1.54) is 26.0 Å². The van der Waals surface area contributed by atoms with Gasteiger partial charge in [0.15, 0.2) is 43.7 Å². The molecule has 0 aromatic heterocycles. The molecular formula is C64H97N3O26. The fourth-order valence-electron chi connectivity index (χ4n) is 10.0. The molecule has 29 nitrogen and oxygen atoms in total. The van der Waals surface area contributed by atoms with E-state index in [1.807, 2.05) is 6.92 Å². The maximum Gasteiger partial charge on any atom is 0.257 e. The van der Waals surface area contributed by atoms with Crippen LogP contribution in [0.1, 0.15) is 134 Å². The summed E-state index contributed by atoms with van der Waals surface area (Å²) in [4.78, 5) is 90.8. The van der Waals surface area contributed by atoms with E-state index in [4.69, 9.17) is 47.4 Å². The Morgan fingerprint density at radius 3 is 1.22 bits per heavy atom. The molecule has 0 bridgehead atoms. The Labute approximate surface area is 541 Å². The van der Waals surface area contributed by atoms with Crippen LogP contribution in [0, 0.1) is 0 Å². The Kier molecular flexibility index (Phi) is 34.6. The monoisotopic (exact) mass is 1320 g/mol. The summed E-state index contributed by atoms with van der Waals surface area (Å²) in [6.45, 7) is 6.62. The molecule has 3 aliphatic rings. The van der Waals surface area contributed by atoms with Crippen LogP contribution in [-0.2, 0) is 61.9 Å². The number of amides is 3. The van der Waals surface area contributed by atoms with E-state index < -0.39 is 117 Å². The van der Waals surface area contributed by atoms with Crippen molar-refractivity contribution in [2.45, 2.75) is 216 Å². The molecule has 524 valence electrons. The number of unbranched alkanes of at least 4 members (excludes halogenated alkanes) is 1. The van der Waals surface area contributed by atoms with Gasteiger partial charge in [0, 0.05) is 96.0 Å². The highest BCUT2D eigenvalue weighted by molar-refractivity contribution is 5.98. The van der Waals surface area contributed by atoms with Crippen molar-refractivity contribution in [2.24, 2.45) is 0 Å². The summed E-state index contributed by atoms with van der Waals surface area (Å²) in [7, 11) is 0. The quantitative estimate of drug-likeness (QED) is 0.0310. The number of benzene rings is 2. The lowest BCUT2D eigenvalue weighted by molar-refractivity contribution is -0.293. The van der Waals surface area contributed by atoms with Gasteiger partial charge >= 0.3 is 0 Å². The van der Waals surface area contributed by atoms with Crippen molar-refractivity contribution in [3.05, 3.63) is 42.0 Å². The van der Waals surface area contributed by atoms with E-state index in [0.717, 1.165) is 0 Å². The van der Waals surface area contributed by atoms with Crippen LogP contribution in [0.2, 0.25) is 0 Å². The minimum absolute atomic E-state index is 0.0474. The number of aliphatic hydroxyl groups excluding tert-OH is 9. The average Bonchev–Trinajstić information content (AvgIpc) is 0.886. The molecular weight excluding hydrogens is 1230 g/mol. The summed E-state index contributed by atoms with van der Waals surface area (Å²) < 4.78 is 56.1. The van der Waals surface area contributed by atoms with Crippen LogP contribution in [-0.4, -0.2) is 251 Å². The van der Waals surface area contributed by atoms with Crippen molar-refractivity contribution in [3.63, 3.8) is 0 Å². The van der Waals surface area contributed by atoms with Gasteiger partial charge in [-0.1, -0.05) is 0 Å². The van der Waals surface area contributed by atoms with Gasteiger partial charge in [0.1, 0.15) is 90.4 Å². The summed E-state index contributed by atoms with van der Waals surface area (Å²) in [5.74, 6) is -1.63. The summed E-state index contributed by atoms with van der Waals surface area (Å²) in [6, 6.07) is 9.34. The van der Waals surface area contributed by atoms with Crippen LogP contribution in [0.5, 0.6) is 17.2 Å². The third-order valence-corrected chi connectivity index (χ3v) is 15.6. The minimum atomic E-state index is -1.46. The van der Waals surface area contributed by atoms with Crippen LogP contribution in [0.4, 0.5) is 0 Å². The maximum absolute atomic E-state index is 13.7. The number of carbonyl (C=O) groups excluding carboxylic acids is 7. The molecule has 5 rings (SSSR count). The molecule has 15 atom stereocenters. The van der Waals surface area contributed by atoms with Crippen molar-refractivity contribution < 1.29 is 127 Å². The first kappa shape index (κ1) is 78.0. The largest absolute Gasteiger partial charge is 0.486 e. The van der Waals surface area contributed by atoms with E-state index in [9.17, 15) is 79.5 Å². The third kappa shape index (κ3) is 27.1. The highest BCUT2D eigenvalue weighted by Crippen LogP contribution is 2.34. The number of aliphatic hydroxyl groups is 9. The van der Waals surface area contributed by atoms with Crippen LogP contribution in [0.15, 0.2) is 36.4 Å². The Morgan fingerprint density at radius 2 is 0.763 bits per heavy atom. The molecule has 3 amide bonds. The number of rotatable bonds is 44. The van der Waals surface area contributed by atoms with Crippen molar-refractivity contribution in [2.75, 3.05) is 72.5 Å². The Hall–Kier alpha value is -5.71. The van der Waals surface area contributed by atoms with Gasteiger partial charge in [-0.2, -0.15) is 0 Å². The molecule has 0 saturated carbocycles. The summed E-state index contributed by atoms with van der Waals surface area (Å²) >= 11 is 0. The molecule has 2 aromatic carbocycles. The highest BCUT2D eigenvalue weighted by atomic mass is 16.7. The number of ketones is 4. The van der Waals surface area contributed by atoms with Crippen molar-refractivity contribution in [3.8, 4) is 28.4 Å². The normalized spacial score (nSPS) is 26.2. The average molecular weight is 1320 g/mol. The van der Waals surface area contributed by atoms with Gasteiger partial charge in [0.05, 0.1) is 31.5 Å². The lowest BCUT2D eigenvalue weighted by Gasteiger charge is -2.38. The molecule has 3 aliphatic heterocycles. The summed E-state index contributed by atoms with van der Waals surface area (Å²) in [6.07, 6.45) is -14.5. The van der Waals surface area contributed by atoms with E-state index in [2.05, 4.69) is 16.0 Å². The number of nitrogens with one attached hydrogen (secondary N) is 3. The molecule has 93 heavy (non-hydrogen) atoms. The number of carbonyl (C=O) groups is 7. The minimum Gasteiger partial charge on any atom is -0.486 e. The SMILES string of the molecule is CCOCCCC(=O)c1cc(OCC(=O)CCCNC(=O)CCCCOC2O[C@@H](C)[C@H](O)C(O)[C@@H]2O)cc(-c2cc(OCC(=O)NCCCC(=O)CCCOC3O[C@@H](C)[C@H](O)C(O)[C@@H]3O)cc(OCC(=O)NCCCC(=O)CCCOC3O[C@@H](C)[C@H](O)C(O)[C@@H]3O)c2)c1. The molecule has 0 radical (unpaired) electrons. The van der Waals surface area contributed by atoms with Gasteiger partial charge in [-0.25, -0.2) is 0 Å². The smallest absolute Gasteiger partial charge is 0.257 e. The van der Waals surface area contributed by atoms with Gasteiger partial charge in [-0.05, 0) is 121 Å². The van der Waals surface area contributed by atoms with Crippen LogP contribution in [0.3, 0.4) is 0 Å². The van der Waals surface area contributed by atoms with Crippen LogP contribution >= 0.6 is 0 Å². The van der Waals surface area contributed by atoms with Crippen LogP contribution in [0.25, 0.3) is 11.1 Å². The number of ether oxygens (including phenoxy) is 10. The zero-order valence-electron chi connectivity index (χ0n) is 53.5. The van der Waals surface area contributed by atoms with Crippen LogP contribution < -0.4 is 30.2 Å². The van der Waals surface area contributed by atoms with Crippen molar-refractivity contribution in [1.82, 2.24) is 16.0 Å². The molecule has 0 spiro atoms. The van der Waals surface area contributed by atoms with Gasteiger partial charge in [-0.15, -0.1) is 0 Å². The number of hydrogen-bond donors (Lipinski definition) is 12. The fourth-order valence-corrected chi connectivity index (χ4v) is 10.0. The number of Topliss-reactive ketones (excluding diaryl/α,β-unsaturated/α-hetero) is 4. The second kappa shape index (κ2) is 41.3. The van der Waals surface area contributed by atoms with E-state index in [1.54, 1.807) is 31.2 Å². The van der Waals surface area contributed by atoms with E-state index in [-0.39, 0.29) is 143 Å². The van der Waals surface area contributed by atoms with Gasteiger partial charge in [0.25, 0.3) is 11.8 Å². The van der Waals surface area contributed by atoms with Crippen molar-refractivity contribution >= 4 is 40.9 Å². The molecule has 3 saturated heterocycles. The van der Waals surface area contributed by atoms with E-state index in [0.29, 0.717) is 75.7 Å². The van der Waals surface area contributed by atoms with Gasteiger partial charge < -0.3 is 109 Å². The third-order valence-electron chi connectivity index (χ3n) is 15.6. The summed E-state index contributed by atoms with van der Waals surface area (Å²) in [5, 5.41) is 98.4. The highest BCUT2D eigenvalue weighted by Gasteiger charge is 2.44. The lowest BCUT2D eigenvalue weighted by atomic mass is 9.98. The maximum atomic E-state index is 13.7. The Bertz CT molecular complexity index is 2550. The topological polar surface area (TPSA) is 430 Å². The Morgan fingerprint density at radius 1 is 0.387 bits per heavy atom. The van der Waals surface area contributed by atoms with Gasteiger partial charge in [-0.3, -0.25) is 33.6 Å². The first-order chi connectivity index (χ1) is 44.4. The lowest BCUT2D eigenvalue weighted by Crippen LogP contribution is -2.57. The molecule has 29 heteroatoms. The molecule has 6 unspecified atom stereocenters. The molecule has 12 N–H and O–H groups in total. The van der Waals surface area contributed by atoms with Gasteiger partial charge in [0.2, 0.25) is 5.91 Å². The van der Waals surface area contributed by atoms with E-state index >= 15 is 0 Å².